The van der Waals surface area contributed by atoms with Gasteiger partial charge in [-0.1, -0.05) is 0 Å². The fourth-order valence-corrected chi connectivity index (χ4v) is 2.00. The molecule has 5 nitrogen and oxygen atoms in total. The Balaban J connectivity index is 1.82. The molecule has 1 saturated carbocycles. The van der Waals surface area contributed by atoms with Gasteiger partial charge in [-0.3, -0.25) is 9.59 Å². The second-order valence-corrected chi connectivity index (χ2v) is 5.47. The van der Waals surface area contributed by atoms with Crippen LogP contribution in [0.15, 0.2) is 0 Å². The lowest BCUT2D eigenvalue weighted by atomic mass is 9.88. The fraction of sp³-hybridized carbons (Fsp3) is 0.833. The highest BCUT2D eigenvalue weighted by Crippen LogP contribution is 2.24. The molecule has 1 saturated heterocycles. The lowest BCUT2D eigenvalue weighted by molar-refractivity contribution is -0.133. The quantitative estimate of drug-likeness (QED) is 0.634. The third-order valence-corrected chi connectivity index (χ3v) is 3.58. The molecule has 2 amide bonds. The van der Waals surface area contributed by atoms with Gasteiger partial charge in [-0.2, -0.15) is 0 Å². The molecular weight excluding hydrogens is 218 g/mol. The number of hydrogen-bond acceptors (Lipinski definition) is 3. The largest absolute Gasteiger partial charge is 0.352 e. The zero-order valence-electron chi connectivity index (χ0n) is 10.5. The molecule has 96 valence electrons. The topological polar surface area (TPSA) is 70.2 Å². The molecule has 1 heterocycles. The van der Waals surface area contributed by atoms with Crippen LogP contribution in [0.4, 0.5) is 0 Å². The van der Waals surface area contributed by atoms with Gasteiger partial charge in [0, 0.05) is 12.6 Å². The van der Waals surface area contributed by atoms with Crippen molar-refractivity contribution in [3.8, 4) is 0 Å². The SMILES string of the molecule is CC(NC(=O)C1(C)CCNC1)C(=O)NC1CC1. The Morgan fingerprint density at radius 3 is 2.65 bits per heavy atom. The maximum Gasteiger partial charge on any atom is 0.242 e. The van der Waals surface area contributed by atoms with E-state index >= 15 is 0 Å². The van der Waals surface area contributed by atoms with Crippen LogP contribution in [-0.2, 0) is 9.59 Å². The Hall–Kier alpha value is -1.10. The Labute approximate surface area is 102 Å². The molecule has 0 bridgehead atoms. The van der Waals surface area contributed by atoms with Gasteiger partial charge in [-0.25, -0.2) is 0 Å². The van der Waals surface area contributed by atoms with Crippen LogP contribution >= 0.6 is 0 Å². The summed E-state index contributed by atoms with van der Waals surface area (Å²) in [6.07, 6.45) is 2.96. The van der Waals surface area contributed by atoms with Crippen molar-refractivity contribution in [2.24, 2.45) is 5.41 Å². The predicted octanol–water partition coefficient (Wildman–Crippen LogP) is -0.231. The number of carbonyl (C=O) groups is 2. The van der Waals surface area contributed by atoms with Gasteiger partial charge < -0.3 is 16.0 Å². The second-order valence-electron chi connectivity index (χ2n) is 5.47. The molecule has 0 aromatic carbocycles. The fourth-order valence-electron chi connectivity index (χ4n) is 2.00. The van der Waals surface area contributed by atoms with E-state index in [1.807, 2.05) is 6.92 Å². The molecule has 2 atom stereocenters. The van der Waals surface area contributed by atoms with Gasteiger partial charge >= 0.3 is 0 Å². The van der Waals surface area contributed by atoms with Gasteiger partial charge in [0.05, 0.1) is 5.41 Å². The van der Waals surface area contributed by atoms with E-state index < -0.39 is 6.04 Å². The minimum atomic E-state index is -0.444. The normalized spacial score (nSPS) is 29.8. The number of rotatable bonds is 4. The average Bonchev–Trinajstić information content (AvgIpc) is 2.98. The summed E-state index contributed by atoms with van der Waals surface area (Å²) in [5.41, 5.74) is -0.367. The van der Waals surface area contributed by atoms with Crippen molar-refractivity contribution in [1.82, 2.24) is 16.0 Å². The summed E-state index contributed by atoms with van der Waals surface area (Å²) < 4.78 is 0. The second kappa shape index (κ2) is 4.64. The first kappa shape index (κ1) is 12.4. The third-order valence-electron chi connectivity index (χ3n) is 3.58. The molecule has 2 fully saturated rings. The number of carbonyl (C=O) groups excluding carboxylic acids is 2. The summed E-state index contributed by atoms with van der Waals surface area (Å²) >= 11 is 0. The maximum absolute atomic E-state index is 12.1. The summed E-state index contributed by atoms with van der Waals surface area (Å²) in [5, 5.41) is 8.87. The van der Waals surface area contributed by atoms with Crippen LogP contribution in [-0.4, -0.2) is 37.0 Å². The van der Waals surface area contributed by atoms with Crippen molar-refractivity contribution in [2.45, 2.75) is 45.2 Å². The van der Waals surface area contributed by atoms with Crippen LogP contribution in [0.5, 0.6) is 0 Å². The lowest BCUT2D eigenvalue weighted by Crippen LogP contribution is -2.50. The number of amides is 2. The minimum absolute atomic E-state index is 0.0269. The van der Waals surface area contributed by atoms with Gasteiger partial charge in [0.15, 0.2) is 0 Å². The molecule has 1 aliphatic carbocycles. The first-order chi connectivity index (χ1) is 8.01. The molecule has 3 N–H and O–H groups in total. The van der Waals surface area contributed by atoms with Gasteiger partial charge in [0.25, 0.3) is 0 Å². The Morgan fingerprint density at radius 1 is 1.41 bits per heavy atom. The first-order valence-electron chi connectivity index (χ1n) is 6.33. The van der Waals surface area contributed by atoms with Crippen molar-refractivity contribution in [1.29, 1.82) is 0 Å². The molecule has 0 aromatic rings. The molecule has 1 aliphatic heterocycles. The lowest BCUT2D eigenvalue weighted by Gasteiger charge is -2.24. The van der Waals surface area contributed by atoms with Crippen LogP contribution in [0.25, 0.3) is 0 Å². The number of hydrogen-bond donors (Lipinski definition) is 3. The third kappa shape index (κ3) is 2.97. The highest BCUT2D eigenvalue weighted by molar-refractivity contribution is 5.90. The number of nitrogens with one attached hydrogen (secondary N) is 3. The monoisotopic (exact) mass is 239 g/mol. The van der Waals surface area contributed by atoms with E-state index in [9.17, 15) is 9.59 Å². The minimum Gasteiger partial charge on any atom is -0.352 e. The van der Waals surface area contributed by atoms with Crippen molar-refractivity contribution in [3.05, 3.63) is 0 Å². The van der Waals surface area contributed by atoms with Crippen molar-refractivity contribution in [3.63, 3.8) is 0 Å². The average molecular weight is 239 g/mol. The van der Waals surface area contributed by atoms with Gasteiger partial charge in [0.2, 0.25) is 11.8 Å². The molecule has 2 aliphatic rings. The van der Waals surface area contributed by atoms with Crippen molar-refractivity contribution < 1.29 is 9.59 Å². The van der Waals surface area contributed by atoms with Crippen LogP contribution in [0.3, 0.4) is 0 Å². The summed E-state index contributed by atoms with van der Waals surface area (Å²) in [6.45, 7) is 5.23. The summed E-state index contributed by atoms with van der Waals surface area (Å²) in [6, 6.07) is -0.105. The molecule has 0 radical (unpaired) electrons. The highest BCUT2D eigenvalue weighted by atomic mass is 16.2. The van der Waals surface area contributed by atoms with E-state index in [1.165, 1.54) is 0 Å². The van der Waals surface area contributed by atoms with Crippen LogP contribution in [0.2, 0.25) is 0 Å². The first-order valence-corrected chi connectivity index (χ1v) is 6.33. The zero-order chi connectivity index (χ0) is 12.5. The van der Waals surface area contributed by atoms with Gasteiger partial charge in [-0.15, -0.1) is 0 Å². The van der Waals surface area contributed by atoms with Crippen LogP contribution in [0.1, 0.15) is 33.1 Å². The molecule has 5 heteroatoms. The van der Waals surface area contributed by atoms with E-state index in [0.717, 1.165) is 25.8 Å². The van der Waals surface area contributed by atoms with Crippen LogP contribution < -0.4 is 16.0 Å². The maximum atomic E-state index is 12.1. The molecular formula is C12H21N3O2. The molecule has 2 unspecified atom stereocenters. The van der Waals surface area contributed by atoms with Crippen LogP contribution in [0, 0.1) is 5.41 Å². The molecule has 0 spiro atoms. The van der Waals surface area contributed by atoms with Crippen molar-refractivity contribution in [2.75, 3.05) is 13.1 Å². The molecule has 0 aromatic heterocycles. The summed E-state index contributed by atoms with van der Waals surface area (Å²) in [5.74, 6) is -0.101. The molecule has 2 rings (SSSR count). The predicted molar refractivity (Wildman–Crippen MR) is 64.4 cm³/mol. The molecule has 17 heavy (non-hydrogen) atoms. The smallest absolute Gasteiger partial charge is 0.242 e. The van der Waals surface area contributed by atoms with Crippen molar-refractivity contribution >= 4 is 11.8 Å². The van der Waals surface area contributed by atoms with Gasteiger partial charge in [0.1, 0.15) is 6.04 Å². The van der Waals surface area contributed by atoms with E-state index in [0.29, 0.717) is 12.6 Å². The zero-order valence-corrected chi connectivity index (χ0v) is 10.5. The van der Waals surface area contributed by atoms with E-state index in [-0.39, 0.29) is 17.2 Å². The standard InChI is InChI=1S/C12H21N3O2/c1-8(10(16)15-9-3-4-9)14-11(17)12(2)5-6-13-7-12/h8-9,13H,3-7H2,1-2H3,(H,14,17)(H,15,16). The summed E-state index contributed by atoms with van der Waals surface area (Å²) in [4.78, 5) is 23.8. The van der Waals surface area contributed by atoms with Gasteiger partial charge in [-0.05, 0) is 39.7 Å². The Morgan fingerprint density at radius 2 is 2.12 bits per heavy atom. The summed E-state index contributed by atoms with van der Waals surface area (Å²) in [7, 11) is 0. The van der Waals surface area contributed by atoms with E-state index in [1.54, 1.807) is 6.92 Å². The highest BCUT2D eigenvalue weighted by Gasteiger charge is 2.37. The Bertz CT molecular complexity index is 320. The Kier molecular flexibility index (Phi) is 3.38. The van der Waals surface area contributed by atoms with E-state index in [4.69, 9.17) is 0 Å². The van der Waals surface area contributed by atoms with E-state index in [2.05, 4.69) is 16.0 Å².